The third-order valence-electron chi connectivity index (χ3n) is 1.52. The molecular weight excluding hydrogens is 216 g/mol. The summed E-state index contributed by atoms with van der Waals surface area (Å²) in [5.41, 5.74) is 0.470. The maximum absolute atomic E-state index is 11.2. The molecule has 1 aromatic heterocycles. The number of hydrogen-bond donors (Lipinski definition) is 0. The summed E-state index contributed by atoms with van der Waals surface area (Å²) in [4.78, 5) is 22.3. The van der Waals surface area contributed by atoms with Gasteiger partial charge in [0.1, 0.15) is 4.88 Å². The minimum absolute atomic E-state index is 0.383. The molecule has 0 aliphatic carbocycles. The number of rotatable bonds is 1. The quantitative estimate of drug-likeness (QED) is 0.528. The Hall–Kier alpha value is -1.80. The van der Waals surface area contributed by atoms with Crippen molar-refractivity contribution in [2.45, 2.75) is 0 Å². The summed E-state index contributed by atoms with van der Waals surface area (Å²) in [6.45, 7) is 0. The standard InChI is InChI=1S/C10H8O4S/c1-13-8(11)4-3-7-5-6-15-9(7)10(12)14-2/h5-6H,1-2H3. The Morgan fingerprint density at radius 2 is 2.07 bits per heavy atom. The predicted octanol–water partition coefficient (Wildman–Crippen LogP) is 1.06. The Labute approximate surface area is 90.8 Å². The van der Waals surface area contributed by atoms with Crippen molar-refractivity contribution < 1.29 is 19.1 Å². The lowest BCUT2D eigenvalue weighted by atomic mass is 10.2. The zero-order valence-electron chi connectivity index (χ0n) is 8.20. The second-order valence-corrected chi connectivity index (χ2v) is 3.31. The number of hydrogen-bond acceptors (Lipinski definition) is 5. The largest absolute Gasteiger partial charge is 0.465 e. The van der Waals surface area contributed by atoms with Crippen molar-refractivity contribution in [3.63, 3.8) is 0 Å². The lowest BCUT2D eigenvalue weighted by Gasteiger charge is -1.94. The fourth-order valence-electron chi connectivity index (χ4n) is 0.828. The molecule has 4 nitrogen and oxygen atoms in total. The van der Waals surface area contributed by atoms with Crippen molar-refractivity contribution in [1.82, 2.24) is 0 Å². The maximum atomic E-state index is 11.2. The SMILES string of the molecule is COC(=O)C#Cc1ccsc1C(=O)OC. The molecule has 0 aliphatic heterocycles. The summed E-state index contributed by atoms with van der Waals surface area (Å²) in [5, 5.41) is 1.70. The topological polar surface area (TPSA) is 52.6 Å². The summed E-state index contributed by atoms with van der Waals surface area (Å²) < 4.78 is 8.91. The molecule has 15 heavy (non-hydrogen) atoms. The van der Waals surface area contributed by atoms with E-state index in [0.29, 0.717) is 10.4 Å². The summed E-state index contributed by atoms with van der Waals surface area (Å²) in [5.74, 6) is 3.69. The molecule has 1 heterocycles. The van der Waals surface area contributed by atoms with Crippen molar-refractivity contribution >= 4 is 23.3 Å². The minimum atomic E-state index is -0.642. The Balaban J connectivity index is 2.94. The first-order chi connectivity index (χ1) is 7.19. The number of ether oxygens (including phenoxy) is 2. The Morgan fingerprint density at radius 1 is 1.33 bits per heavy atom. The molecule has 0 unspecified atom stereocenters. The highest BCUT2D eigenvalue weighted by atomic mass is 32.1. The number of carbonyl (C=O) groups excluding carboxylic acids is 2. The summed E-state index contributed by atoms with van der Waals surface area (Å²) >= 11 is 1.21. The number of thiophene rings is 1. The molecule has 0 bridgehead atoms. The molecular formula is C10H8O4S. The molecule has 5 heteroatoms. The van der Waals surface area contributed by atoms with Gasteiger partial charge in [-0.1, -0.05) is 5.92 Å². The van der Waals surface area contributed by atoms with Crippen molar-refractivity contribution in [2.75, 3.05) is 14.2 Å². The second-order valence-electron chi connectivity index (χ2n) is 2.40. The van der Waals surface area contributed by atoms with Gasteiger partial charge in [0, 0.05) is 5.92 Å². The van der Waals surface area contributed by atoms with Gasteiger partial charge in [-0.15, -0.1) is 11.3 Å². The monoisotopic (exact) mass is 224 g/mol. The van der Waals surface area contributed by atoms with Gasteiger partial charge < -0.3 is 9.47 Å². The number of methoxy groups -OCH3 is 2. The van der Waals surface area contributed by atoms with Gasteiger partial charge in [0.15, 0.2) is 0 Å². The maximum Gasteiger partial charge on any atom is 0.384 e. The van der Waals surface area contributed by atoms with E-state index in [1.807, 2.05) is 0 Å². The molecule has 0 N–H and O–H groups in total. The van der Waals surface area contributed by atoms with E-state index in [2.05, 4.69) is 21.3 Å². The Kier molecular flexibility index (Phi) is 3.89. The van der Waals surface area contributed by atoms with Crippen LogP contribution in [0.15, 0.2) is 11.4 Å². The highest BCUT2D eigenvalue weighted by molar-refractivity contribution is 7.12. The van der Waals surface area contributed by atoms with Gasteiger partial charge in [-0.2, -0.15) is 0 Å². The van der Waals surface area contributed by atoms with Crippen LogP contribution in [0.4, 0.5) is 0 Å². The van der Waals surface area contributed by atoms with Crippen LogP contribution in [0, 0.1) is 11.8 Å². The van der Waals surface area contributed by atoms with Crippen LogP contribution in [0.3, 0.4) is 0 Å². The Morgan fingerprint density at radius 3 is 2.67 bits per heavy atom. The van der Waals surface area contributed by atoms with E-state index in [1.54, 1.807) is 11.4 Å². The van der Waals surface area contributed by atoms with Crippen LogP contribution >= 0.6 is 11.3 Å². The van der Waals surface area contributed by atoms with E-state index in [9.17, 15) is 9.59 Å². The molecule has 0 saturated carbocycles. The van der Waals surface area contributed by atoms with Crippen LogP contribution in [0.1, 0.15) is 15.2 Å². The Bertz CT molecular complexity index is 436. The first kappa shape index (κ1) is 11.3. The van der Waals surface area contributed by atoms with E-state index in [4.69, 9.17) is 0 Å². The molecule has 0 saturated heterocycles. The normalized spacial score (nSPS) is 8.67. The number of carbonyl (C=O) groups is 2. The predicted molar refractivity (Wildman–Crippen MR) is 54.6 cm³/mol. The van der Waals surface area contributed by atoms with Crippen LogP contribution in [-0.4, -0.2) is 26.2 Å². The molecule has 1 rings (SSSR count). The molecule has 1 aromatic rings. The second kappa shape index (κ2) is 5.17. The van der Waals surface area contributed by atoms with Crippen molar-refractivity contribution in [3.05, 3.63) is 21.9 Å². The van der Waals surface area contributed by atoms with Gasteiger partial charge in [0.25, 0.3) is 0 Å². The van der Waals surface area contributed by atoms with E-state index in [-0.39, 0.29) is 0 Å². The molecule has 0 radical (unpaired) electrons. The lowest BCUT2D eigenvalue weighted by Crippen LogP contribution is -2.00. The average molecular weight is 224 g/mol. The minimum Gasteiger partial charge on any atom is -0.465 e. The van der Waals surface area contributed by atoms with Crippen molar-refractivity contribution in [2.24, 2.45) is 0 Å². The molecule has 0 fully saturated rings. The van der Waals surface area contributed by atoms with E-state index in [0.717, 1.165) is 0 Å². The summed E-state index contributed by atoms with van der Waals surface area (Å²) in [7, 11) is 2.53. The highest BCUT2D eigenvalue weighted by Crippen LogP contribution is 2.16. The van der Waals surface area contributed by atoms with Crippen LogP contribution in [0.5, 0.6) is 0 Å². The van der Waals surface area contributed by atoms with E-state index in [1.165, 1.54) is 25.6 Å². The first-order valence-electron chi connectivity index (χ1n) is 3.94. The molecule has 78 valence electrons. The highest BCUT2D eigenvalue weighted by Gasteiger charge is 2.11. The zero-order chi connectivity index (χ0) is 11.3. The molecule has 0 amide bonds. The molecule has 0 spiro atoms. The van der Waals surface area contributed by atoms with Gasteiger partial charge in [-0.05, 0) is 11.4 Å². The van der Waals surface area contributed by atoms with E-state index < -0.39 is 11.9 Å². The third-order valence-corrected chi connectivity index (χ3v) is 2.42. The van der Waals surface area contributed by atoms with Crippen LogP contribution in [0.25, 0.3) is 0 Å². The molecule has 0 aliphatic rings. The van der Waals surface area contributed by atoms with Crippen molar-refractivity contribution in [3.8, 4) is 11.8 Å². The fourth-order valence-corrected chi connectivity index (χ4v) is 1.59. The zero-order valence-corrected chi connectivity index (χ0v) is 9.01. The summed E-state index contributed by atoms with van der Waals surface area (Å²) in [6.07, 6.45) is 0. The average Bonchev–Trinajstić information content (AvgIpc) is 2.72. The van der Waals surface area contributed by atoms with Gasteiger partial charge >= 0.3 is 11.9 Å². The van der Waals surface area contributed by atoms with Crippen LogP contribution in [-0.2, 0) is 14.3 Å². The number of esters is 2. The van der Waals surface area contributed by atoms with Gasteiger partial charge in [0.2, 0.25) is 0 Å². The molecule has 0 atom stereocenters. The van der Waals surface area contributed by atoms with Gasteiger partial charge in [-0.25, -0.2) is 9.59 Å². The molecule has 0 aromatic carbocycles. The van der Waals surface area contributed by atoms with Crippen molar-refractivity contribution in [1.29, 1.82) is 0 Å². The smallest absolute Gasteiger partial charge is 0.384 e. The van der Waals surface area contributed by atoms with Gasteiger partial charge in [0.05, 0.1) is 19.8 Å². The van der Waals surface area contributed by atoms with Gasteiger partial charge in [-0.3, -0.25) is 0 Å². The first-order valence-corrected chi connectivity index (χ1v) is 4.82. The van der Waals surface area contributed by atoms with Crippen LogP contribution < -0.4 is 0 Å². The summed E-state index contributed by atoms with van der Waals surface area (Å²) in [6, 6.07) is 1.65. The van der Waals surface area contributed by atoms with Crippen LogP contribution in [0.2, 0.25) is 0 Å². The fraction of sp³-hybridized carbons (Fsp3) is 0.200. The van der Waals surface area contributed by atoms with E-state index >= 15 is 0 Å². The lowest BCUT2D eigenvalue weighted by molar-refractivity contribution is -0.133. The third kappa shape index (κ3) is 2.82.